The largest absolute Gasteiger partial charge is 0.352 e. The van der Waals surface area contributed by atoms with Gasteiger partial charge in [-0.1, -0.05) is 43.5 Å². The minimum absolute atomic E-state index is 0.123. The van der Waals surface area contributed by atoms with Crippen molar-refractivity contribution < 1.29 is 4.79 Å². The minimum Gasteiger partial charge on any atom is -0.352 e. The van der Waals surface area contributed by atoms with Crippen LogP contribution in [0.3, 0.4) is 0 Å². The molecule has 0 aromatic heterocycles. The molecule has 1 amide bonds. The highest BCUT2D eigenvalue weighted by atomic mass is 35.5. The van der Waals surface area contributed by atoms with Crippen LogP contribution in [0, 0.1) is 5.92 Å². The second kappa shape index (κ2) is 7.81. The topological polar surface area (TPSA) is 32.3 Å². The van der Waals surface area contributed by atoms with Gasteiger partial charge >= 0.3 is 0 Å². The summed E-state index contributed by atoms with van der Waals surface area (Å²) in [4.78, 5) is 14.2. The summed E-state index contributed by atoms with van der Waals surface area (Å²) in [6.45, 7) is 3.39. The van der Waals surface area contributed by atoms with Crippen LogP contribution in [0.25, 0.3) is 0 Å². The predicted molar refractivity (Wildman–Crippen MR) is 87.3 cm³/mol. The van der Waals surface area contributed by atoms with Crippen LogP contribution in [0.1, 0.15) is 38.2 Å². The van der Waals surface area contributed by atoms with Crippen LogP contribution in [0.2, 0.25) is 5.02 Å². The number of likely N-dealkylation sites (N-methyl/N-ethyl adjacent to an activating group) is 1. The molecule has 1 aromatic carbocycles. The fourth-order valence-corrected chi connectivity index (χ4v) is 3.24. The summed E-state index contributed by atoms with van der Waals surface area (Å²) in [7, 11) is 1.96. The number of hydrogen-bond donors (Lipinski definition) is 1. The van der Waals surface area contributed by atoms with Crippen molar-refractivity contribution in [1.29, 1.82) is 0 Å². The Morgan fingerprint density at radius 1 is 1.38 bits per heavy atom. The maximum absolute atomic E-state index is 12.1. The van der Waals surface area contributed by atoms with Crippen LogP contribution in [0.15, 0.2) is 24.3 Å². The van der Waals surface area contributed by atoms with Crippen LogP contribution in [0.5, 0.6) is 0 Å². The lowest BCUT2D eigenvalue weighted by atomic mass is 9.86. The van der Waals surface area contributed by atoms with Crippen LogP contribution < -0.4 is 5.32 Å². The molecule has 1 N–H and O–H groups in total. The molecule has 1 fully saturated rings. The Balaban J connectivity index is 1.79. The van der Waals surface area contributed by atoms with Gasteiger partial charge in [0.2, 0.25) is 5.91 Å². The van der Waals surface area contributed by atoms with Gasteiger partial charge in [0.05, 0.1) is 6.54 Å². The lowest BCUT2D eigenvalue weighted by molar-refractivity contribution is -0.123. The maximum Gasteiger partial charge on any atom is 0.234 e. The van der Waals surface area contributed by atoms with Crippen LogP contribution in [-0.4, -0.2) is 30.4 Å². The number of rotatable bonds is 5. The van der Waals surface area contributed by atoms with Gasteiger partial charge in [0.25, 0.3) is 0 Å². The third-order valence-electron chi connectivity index (χ3n) is 4.21. The molecule has 0 bridgehead atoms. The number of nitrogens with one attached hydrogen (secondary N) is 1. The molecule has 0 spiro atoms. The average Bonchev–Trinajstić information content (AvgIpc) is 2.41. The number of carbonyl (C=O) groups is 1. The molecular formula is C17H25ClN2O. The first-order valence-electron chi connectivity index (χ1n) is 7.77. The lowest BCUT2D eigenvalue weighted by Gasteiger charge is -2.30. The quantitative estimate of drug-likeness (QED) is 0.903. The van der Waals surface area contributed by atoms with E-state index in [1.807, 2.05) is 36.2 Å². The zero-order valence-corrected chi connectivity index (χ0v) is 13.7. The van der Waals surface area contributed by atoms with E-state index >= 15 is 0 Å². The molecule has 1 saturated carbocycles. The molecule has 1 aromatic rings. The zero-order valence-electron chi connectivity index (χ0n) is 12.9. The summed E-state index contributed by atoms with van der Waals surface area (Å²) in [5, 5.41) is 3.93. The molecule has 4 heteroatoms. The number of halogens is 1. The Bertz CT molecular complexity index is 478. The second-order valence-corrected chi connectivity index (χ2v) is 6.67. The summed E-state index contributed by atoms with van der Waals surface area (Å²) in [6.07, 6.45) is 4.87. The van der Waals surface area contributed by atoms with Crippen molar-refractivity contribution in [2.24, 2.45) is 5.92 Å². The summed E-state index contributed by atoms with van der Waals surface area (Å²) in [5.41, 5.74) is 1.13. The molecule has 0 saturated heterocycles. The summed E-state index contributed by atoms with van der Waals surface area (Å²) >= 11 is 5.98. The number of hydrogen-bond acceptors (Lipinski definition) is 2. The highest BCUT2D eigenvalue weighted by molar-refractivity contribution is 6.30. The third kappa shape index (κ3) is 5.33. The predicted octanol–water partition coefficient (Wildman–Crippen LogP) is 3.47. The van der Waals surface area contributed by atoms with Crippen molar-refractivity contribution in [3.63, 3.8) is 0 Å². The minimum atomic E-state index is 0.123. The first-order valence-corrected chi connectivity index (χ1v) is 8.15. The summed E-state index contributed by atoms with van der Waals surface area (Å²) < 4.78 is 0. The van der Waals surface area contributed by atoms with E-state index in [4.69, 9.17) is 11.6 Å². The van der Waals surface area contributed by atoms with Gasteiger partial charge in [0, 0.05) is 17.6 Å². The van der Waals surface area contributed by atoms with Gasteiger partial charge in [-0.15, -0.1) is 0 Å². The Kier molecular flexibility index (Phi) is 6.07. The highest BCUT2D eigenvalue weighted by Crippen LogP contribution is 2.23. The molecule has 0 unspecified atom stereocenters. The fraction of sp³-hybridized carbons (Fsp3) is 0.588. The number of benzene rings is 1. The Labute approximate surface area is 132 Å². The van der Waals surface area contributed by atoms with E-state index < -0.39 is 0 Å². The number of amides is 1. The second-order valence-electron chi connectivity index (χ2n) is 6.24. The van der Waals surface area contributed by atoms with E-state index in [-0.39, 0.29) is 5.91 Å². The van der Waals surface area contributed by atoms with Crippen molar-refractivity contribution in [2.45, 2.75) is 45.2 Å². The van der Waals surface area contributed by atoms with E-state index in [1.54, 1.807) is 0 Å². The van der Waals surface area contributed by atoms with E-state index in [2.05, 4.69) is 12.2 Å². The molecule has 2 atom stereocenters. The van der Waals surface area contributed by atoms with Gasteiger partial charge in [-0.25, -0.2) is 0 Å². The molecule has 21 heavy (non-hydrogen) atoms. The monoisotopic (exact) mass is 308 g/mol. The lowest BCUT2D eigenvalue weighted by Crippen LogP contribution is -2.44. The van der Waals surface area contributed by atoms with Crippen LogP contribution >= 0.6 is 11.6 Å². The molecule has 0 aliphatic heterocycles. The highest BCUT2D eigenvalue weighted by Gasteiger charge is 2.22. The summed E-state index contributed by atoms with van der Waals surface area (Å²) in [6, 6.07) is 8.13. The van der Waals surface area contributed by atoms with E-state index in [1.165, 1.54) is 19.3 Å². The zero-order chi connectivity index (χ0) is 15.2. The van der Waals surface area contributed by atoms with Gasteiger partial charge in [-0.3, -0.25) is 9.69 Å². The van der Waals surface area contributed by atoms with Gasteiger partial charge in [0.15, 0.2) is 0 Å². The average molecular weight is 309 g/mol. The smallest absolute Gasteiger partial charge is 0.234 e. The van der Waals surface area contributed by atoms with Crippen LogP contribution in [-0.2, 0) is 11.3 Å². The number of nitrogens with zero attached hydrogens (tertiary/aromatic N) is 1. The summed E-state index contributed by atoms with van der Waals surface area (Å²) in [5.74, 6) is 0.721. The molecular weight excluding hydrogens is 284 g/mol. The number of carbonyl (C=O) groups excluding carboxylic acids is 1. The van der Waals surface area contributed by atoms with Crippen molar-refractivity contribution in [1.82, 2.24) is 10.2 Å². The van der Waals surface area contributed by atoms with Gasteiger partial charge < -0.3 is 5.32 Å². The first kappa shape index (κ1) is 16.3. The first-order chi connectivity index (χ1) is 10.0. The SMILES string of the molecule is C[C@@H]1CCCC[C@@H]1NC(=O)CN(C)Cc1cccc(Cl)c1. The molecule has 0 radical (unpaired) electrons. The van der Waals surface area contributed by atoms with Crippen molar-refractivity contribution in [3.8, 4) is 0 Å². The van der Waals surface area contributed by atoms with Crippen molar-refractivity contribution >= 4 is 17.5 Å². The van der Waals surface area contributed by atoms with E-state index in [9.17, 15) is 4.79 Å². The molecule has 1 aliphatic rings. The molecule has 2 rings (SSSR count). The molecule has 3 nitrogen and oxygen atoms in total. The van der Waals surface area contributed by atoms with E-state index in [0.29, 0.717) is 18.5 Å². The molecule has 0 heterocycles. The Morgan fingerprint density at radius 3 is 2.86 bits per heavy atom. The standard InChI is InChI=1S/C17H25ClN2O/c1-13-6-3-4-9-16(13)19-17(21)12-20(2)11-14-7-5-8-15(18)10-14/h5,7-8,10,13,16H,3-4,6,9,11-12H2,1-2H3,(H,19,21)/t13-,16+/m1/s1. The maximum atomic E-state index is 12.1. The molecule has 1 aliphatic carbocycles. The normalized spacial score (nSPS) is 22.3. The van der Waals surface area contributed by atoms with Gasteiger partial charge in [-0.2, -0.15) is 0 Å². The van der Waals surface area contributed by atoms with Gasteiger partial charge in [0.1, 0.15) is 0 Å². The molecule has 116 valence electrons. The fourth-order valence-electron chi connectivity index (χ4n) is 3.03. The van der Waals surface area contributed by atoms with Crippen LogP contribution in [0.4, 0.5) is 0 Å². The Morgan fingerprint density at radius 2 is 2.14 bits per heavy atom. The Hall–Kier alpha value is -1.06. The van der Waals surface area contributed by atoms with E-state index in [0.717, 1.165) is 23.6 Å². The third-order valence-corrected chi connectivity index (χ3v) is 4.45. The van der Waals surface area contributed by atoms with Crippen molar-refractivity contribution in [3.05, 3.63) is 34.9 Å². The van der Waals surface area contributed by atoms with Crippen molar-refractivity contribution in [2.75, 3.05) is 13.6 Å². The van der Waals surface area contributed by atoms with Gasteiger partial charge in [-0.05, 0) is 43.5 Å².